The molecule has 0 fully saturated rings. The van der Waals surface area contributed by atoms with Crippen LogP contribution < -0.4 is 5.32 Å². The van der Waals surface area contributed by atoms with Crippen LogP contribution in [-0.2, 0) is 20.7 Å². The molecule has 5 heteroatoms. The molecule has 1 aromatic rings. The van der Waals surface area contributed by atoms with E-state index in [0.29, 0.717) is 6.42 Å². The van der Waals surface area contributed by atoms with Gasteiger partial charge >= 0.3 is 5.97 Å². The molecule has 1 aromatic carbocycles. The van der Waals surface area contributed by atoms with Crippen molar-refractivity contribution in [1.82, 2.24) is 4.90 Å². The Morgan fingerprint density at radius 3 is 2.70 bits per heavy atom. The van der Waals surface area contributed by atoms with Gasteiger partial charge in [0.05, 0.1) is 7.11 Å². The first-order valence-electron chi connectivity index (χ1n) is 6.74. The Morgan fingerprint density at radius 2 is 2.10 bits per heavy atom. The Labute approximate surface area is 118 Å². The lowest BCUT2D eigenvalue weighted by atomic mass is 10.1. The maximum Gasteiger partial charge on any atom is 0.325 e. The molecule has 1 N–H and O–H groups in total. The zero-order chi connectivity index (χ0) is 14.7. The number of rotatable bonds is 4. The Bertz CT molecular complexity index is 489. The summed E-state index contributed by atoms with van der Waals surface area (Å²) < 4.78 is 4.65. The standard InChI is InChI=1S/C15H20N2O3/c1-10(2)17(9-14(18)20-3)15(19)13-8-11-6-4-5-7-12(11)16-13/h4-7,10,13,16H,8-9H2,1-3H3. The molecule has 2 rings (SSSR count). The van der Waals surface area contributed by atoms with Crippen LogP contribution in [0.1, 0.15) is 19.4 Å². The third-order valence-corrected chi connectivity index (χ3v) is 3.50. The Balaban J connectivity index is 2.08. The third kappa shape index (κ3) is 2.92. The molecule has 1 aliphatic rings. The summed E-state index contributed by atoms with van der Waals surface area (Å²) in [5.41, 5.74) is 2.13. The van der Waals surface area contributed by atoms with Crippen molar-refractivity contribution in [3.63, 3.8) is 0 Å². The van der Waals surface area contributed by atoms with Gasteiger partial charge in [-0.15, -0.1) is 0 Å². The van der Waals surface area contributed by atoms with Crippen molar-refractivity contribution in [2.75, 3.05) is 19.0 Å². The van der Waals surface area contributed by atoms with Crippen molar-refractivity contribution in [2.24, 2.45) is 0 Å². The van der Waals surface area contributed by atoms with Gasteiger partial charge in [-0.25, -0.2) is 0 Å². The molecule has 0 bridgehead atoms. The summed E-state index contributed by atoms with van der Waals surface area (Å²) in [6.07, 6.45) is 0.652. The number of hydrogen-bond donors (Lipinski definition) is 1. The van der Waals surface area contributed by atoms with E-state index in [2.05, 4.69) is 10.1 Å². The average molecular weight is 276 g/mol. The molecule has 108 valence electrons. The highest BCUT2D eigenvalue weighted by atomic mass is 16.5. The number of carbonyl (C=O) groups excluding carboxylic acids is 2. The summed E-state index contributed by atoms with van der Waals surface area (Å²) in [6, 6.07) is 7.51. The molecule has 1 unspecified atom stereocenters. The number of nitrogens with zero attached hydrogens (tertiary/aromatic N) is 1. The average Bonchev–Trinajstić information content (AvgIpc) is 2.87. The molecule has 1 amide bonds. The van der Waals surface area contributed by atoms with Crippen molar-refractivity contribution < 1.29 is 14.3 Å². The van der Waals surface area contributed by atoms with Gasteiger partial charge in [0.1, 0.15) is 12.6 Å². The number of para-hydroxylation sites is 1. The highest BCUT2D eigenvalue weighted by molar-refractivity contribution is 5.90. The molecule has 0 radical (unpaired) electrons. The summed E-state index contributed by atoms with van der Waals surface area (Å²) in [5, 5.41) is 3.22. The summed E-state index contributed by atoms with van der Waals surface area (Å²) in [4.78, 5) is 25.5. The van der Waals surface area contributed by atoms with E-state index in [-0.39, 0.29) is 24.5 Å². The van der Waals surface area contributed by atoms with Crippen LogP contribution in [0.2, 0.25) is 0 Å². The van der Waals surface area contributed by atoms with Crippen molar-refractivity contribution in [3.8, 4) is 0 Å². The lowest BCUT2D eigenvalue weighted by molar-refractivity contribution is -0.148. The molecule has 1 atom stereocenters. The second kappa shape index (κ2) is 5.94. The number of nitrogens with one attached hydrogen (secondary N) is 1. The van der Waals surface area contributed by atoms with E-state index >= 15 is 0 Å². The van der Waals surface area contributed by atoms with Crippen LogP contribution in [-0.4, -0.2) is 42.5 Å². The van der Waals surface area contributed by atoms with Crippen molar-refractivity contribution in [3.05, 3.63) is 29.8 Å². The van der Waals surface area contributed by atoms with Gasteiger partial charge in [-0.2, -0.15) is 0 Å². The normalized spacial score (nSPS) is 16.5. The molecule has 0 saturated carbocycles. The van der Waals surface area contributed by atoms with Crippen molar-refractivity contribution in [1.29, 1.82) is 0 Å². The van der Waals surface area contributed by atoms with E-state index in [0.717, 1.165) is 11.3 Å². The number of esters is 1. The smallest absolute Gasteiger partial charge is 0.325 e. The van der Waals surface area contributed by atoms with Gasteiger partial charge in [0.15, 0.2) is 0 Å². The molecule has 0 saturated heterocycles. The van der Waals surface area contributed by atoms with Gasteiger partial charge < -0.3 is 15.0 Å². The molecule has 0 aliphatic carbocycles. The lowest BCUT2D eigenvalue weighted by Crippen LogP contribution is -2.48. The van der Waals surface area contributed by atoms with Crippen molar-refractivity contribution >= 4 is 17.6 Å². The fraction of sp³-hybridized carbons (Fsp3) is 0.467. The number of methoxy groups -OCH3 is 1. The maximum atomic E-state index is 12.6. The Kier molecular flexibility index (Phi) is 4.27. The number of benzene rings is 1. The van der Waals surface area contributed by atoms with Crippen LogP contribution in [0.4, 0.5) is 5.69 Å². The zero-order valence-electron chi connectivity index (χ0n) is 12.1. The fourth-order valence-electron chi connectivity index (χ4n) is 2.37. The summed E-state index contributed by atoms with van der Waals surface area (Å²) in [6.45, 7) is 3.77. The predicted molar refractivity (Wildman–Crippen MR) is 76.4 cm³/mol. The summed E-state index contributed by atoms with van der Waals surface area (Å²) in [7, 11) is 1.33. The number of amides is 1. The largest absolute Gasteiger partial charge is 0.468 e. The monoisotopic (exact) mass is 276 g/mol. The summed E-state index contributed by atoms with van der Waals surface area (Å²) in [5.74, 6) is -0.468. The van der Waals surface area contributed by atoms with Crippen LogP contribution >= 0.6 is 0 Å². The van der Waals surface area contributed by atoms with Crippen molar-refractivity contribution in [2.45, 2.75) is 32.4 Å². The molecule has 5 nitrogen and oxygen atoms in total. The minimum atomic E-state index is -0.400. The Morgan fingerprint density at radius 1 is 1.40 bits per heavy atom. The number of ether oxygens (including phenoxy) is 1. The topological polar surface area (TPSA) is 58.6 Å². The predicted octanol–water partition coefficient (Wildman–Crippen LogP) is 1.43. The molecule has 1 aliphatic heterocycles. The van der Waals surface area contributed by atoms with Gasteiger partial charge in [0.25, 0.3) is 0 Å². The van der Waals surface area contributed by atoms with Gasteiger partial charge in [-0.1, -0.05) is 18.2 Å². The van der Waals surface area contributed by atoms with E-state index in [1.807, 2.05) is 38.1 Å². The number of anilines is 1. The van der Waals surface area contributed by atoms with Crippen LogP contribution in [0.5, 0.6) is 0 Å². The SMILES string of the molecule is COC(=O)CN(C(=O)C1Cc2ccccc2N1)C(C)C. The second-order valence-electron chi connectivity index (χ2n) is 5.19. The molecular weight excluding hydrogens is 256 g/mol. The molecule has 0 spiro atoms. The van der Waals surface area contributed by atoms with E-state index in [1.165, 1.54) is 7.11 Å². The summed E-state index contributed by atoms with van der Waals surface area (Å²) >= 11 is 0. The number of hydrogen-bond acceptors (Lipinski definition) is 4. The van der Waals surface area contributed by atoms with Crippen LogP contribution in [0.15, 0.2) is 24.3 Å². The molecule has 20 heavy (non-hydrogen) atoms. The maximum absolute atomic E-state index is 12.6. The fourth-order valence-corrected chi connectivity index (χ4v) is 2.37. The zero-order valence-corrected chi connectivity index (χ0v) is 12.1. The molecule has 1 heterocycles. The lowest BCUT2D eigenvalue weighted by Gasteiger charge is -2.28. The first-order chi connectivity index (χ1) is 9.52. The van der Waals surface area contributed by atoms with E-state index in [9.17, 15) is 9.59 Å². The highest BCUT2D eigenvalue weighted by Crippen LogP contribution is 2.26. The van der Waals surface area contributed by atoms with Gasteiger partial charge in [-0.3, -0.25) is 9.59 Å². The second-order valence-corrected chi connectivity index (χ2v) is 5.19. The Hall–Kier alpha value is -2.04. The van der Waals surface area contributed by atoms with E-state index < -0.39 is 5.97 Å². The number of carbonyl (C=O) groups is 2. The minimum absolute atomic E-state index is 0.0124. The number of fused-ring (bicyclic) bond motifs is 1. The first-order valence-corrected chi connectivity index (χ1v) is 6.74. The minimum Gasteiger partial charge on any atom is -0.468 e. The third-order valence-electron chi connectivity index (χ3n) is 3.50. The van der Waals surface area contributed by atoms with Crippen LogP contribution in [0.25, 0.3) is 0 Å². The molecular formula is C15H20N2O3. The van der Waals surface area contributed by atoms with Gasteiger partial charge in [-0.05, 0) is 25.5 Å². The highest BCUT2D eigenvalue weighted by Gasteiger charge is 2.32. The quantitative estimate of drug-likeness (QED) is 0.845. The first kappa shape index (κ1) is 14.4. The van der Waals surface area contributed by atoms with Gasteiger partial charge in [0, 0.05) is 18.2 Å². The van der Waals surface area contributed by atoms with Gasteiger partial charge in [0.2, 0.25) is 5.91 Å². The molecule has 0 aromatic heterocycles. The van der Waals surface area contributed by atoms with E-state index in [1.54, 1.807) is 4.90 Å². The van der Waals surface area contributed by atoms with Crippen LogP contribution in [0, 0.1) is 0 Å². The van der Waals surface area contributed by atoms with Crippen LogP contribution in [0.3, 0.4) is 0 Å². The van der Waals surface area contributed by atoms with E-state index in [4.69, 9.17) is 0 Å².